The third-order valence-corrected chi connectivity index (χ3v) is 3.85. The van der Waals surface area contributed by atoms with E-state index < -0.39 is 6.18 Å². The first-order valence-corrected chi connectivity index (χ1v) is 7.25. The van der Waals surface area contributed by atoms with Crippen LogP contribution in [0.5, 0.6) is 0 Å². The number of alkyl halides is 3. The van der Waals surface area contributed by atoms with Crippen LogP contribution in [0.2, 0.25) is 0 Å². The lowest BCUT2D eigenvalue weighted by molar-refractivity contribution is -0.0957. The molecule has 0 aromatic heterocycles. The fourth-order valence-electron chi connectivity index (χ4n) is 3.05. The molecular weight excluding hydrogens is 237 g/mol. The van der Waals surface area contributed by atoms with Crippen molar-refractivity contribution in [2.75, 3.05) is 0 Å². The minimum atomic E-state index is -4.11. The average molecular weight is 262 g/mol. The van der Waals surface area contributed by atoms with E-state index in [1.807, 2.05) is 0 Å². The second-order valence-corrected chi connectivity index (χ2v) is 5.52. The molecule has 0 spiro atoms. The average Bonchev–Trinajstić information content (AvgIpc) is 2.29. The zero-order valence-corrected chi connectivity index (χ0v) is 11.5. The summed E-state index contributed by atoms with van der Waals surface area (Å²) >= 11 is 0. The van der Waals surface area contributed by atoms with Crippen LogP contribution in [0.1, 0.15) is 65.2 Å². The van der Waals surface area contributed by atoms with Gasteiger partial charge in [-0.1, -0.05) is 45.6 Å². The number of hydrogen-bond acceptors (Lipinski definition) is 0. The van der Waals surface area contributed by atoms with Crippen LogP contribution in [0.4, 0.5) is 13.2 Å². The van der Waals surface area contributed by atoms with Crippen molar-refractivity contribution in [1.29, 1.82) is 0 Å². The van der Waals surface area contributed by atoms with Crippen molar-refractivity contribution < 1.29 is 13.2 Å². The Morgan fingerprint density at radius 2 is 1.83 bits per heavy atom. The zero-order chi connectivity index (χ0) is 13.6. The summed E-state index contributed by atoms with van der Waals surface area (Å²) in [5, 5.41) is 0. The van der Waals surface area contributed by atoms with E-state index in [4.69, 9.17) is 0 Å². The van der Waals surface area contributed by atoms with Gasteiger partial charge < -0.3 is 0 Å². The Labute approximate surface area is 109 Å². The lowest BCUT2D eigenvalue weighted by Crippen LogP contribution is -2.19. The molecule has 0 nitrogen and oxygen atoms in total. The van der Waals surface area contributed by atoms with Gasteiger partial charge in [-0.05, 0) is 37.5 Å². The number of halogens is 3. The van der Waals surface area contributed by atoms with Gasteiger partial charge in [0.25, 0.3) is 0 Å². The van der Waals surface area contributed by atoms with Gasteiger partial charge in [0.05, 0.1) is 0 Å². The lowest BCUT2D eigenvalue weighted by atomic mass is 9.81. The van der Waals surface area contributed by atoms with Gasteiger partial charge in [0.2, 0.25) is 0 Å². The van der Waals surface area contributed by atoms with Crippen LogP contribution in [-0.4, -0.2) is 6.18 Å². The van der Waals surface area contributed by atoms with Crippen LogP contribution in [0.25, 0.3) is 0 Å². The maximum atomic E-state index is 12.7. The van der Waals surface area contributed by atoms with E-state index in [9.17, 15) is 13.2 Å². The van der Waals surface area contributed by atoms with Crippen molar-refractivity contribution in [3.63, 3.8) is 0 Å². The van der Waals surface area contributed by atoms with Crippen LogP contribution in [-0.2, 0) is 0 Å². The molecule has 0 N–H and O–H groups in total. The van der Waals surface area contributed by atoms with Gasteiger partial charge in [-0.25, -0.2) is 0 Å². The van der Waals surface area contributed by atoms with Gasteiger partial charge >= 0.3 is 6.18 Å². The van der Waals surface area contributed by atoms with Crippen molar-refractivity contribution in [2.45, 2.75) is 71.4 Å². The molecule has 0 radical (unpaired) electrons. The fourth-order valence-corrected chi connectivity index (χ4v) is 3.05. The SMILES string of the molecule is CCCC(CCC)C[C@H]1C=C(C(F)(F)F)CCC1. The van der Waals surface area contributed by atoms with E-state index >= 15 is 0 Å². The molecular formula is C15H25F3. The third kappa shape index (κ3) is 5.03. The van der Waals surface area contributed by atoms with Crippen LogP contribution in [0.15, 0.2) is 11.6 Å². The third-order valence-electron chi connectivity index (χ3n) is 3.85. The standard InChI is InChI=1S/C15H25F3/c1-3-6-12(7-4-2)10-13-8-5-9-14(11-13)15(16,17)18/h11-13H,3-10H2,1-2H3/t13-/m0/s1. The van der Waals surface area contributed by atoms with Crippen molar-refractivity contribution >= 4 is 0 Å². The van der Waals surface area contributed by atoms with Crippen LogP contribution in [0, 0.1) is 11.8 Å². The fraction of sp³-hybridized carbons (Fsp3) is 0.867. The van der Waals surface area contributed by atoms with E-state index in [0.29, 0.717) is 12.3 Å². The molecule has 0 aliphatic heterocycles. The second-order valence-electron chi connectivity index (χ2n) is 5.52. The van der Waals surface area contributed by atoms with Crippen LogP contribution >= 0.6 is 0 Å². The van der Waals surface area contributed by atoms with Crippen molar-refractivity contribution in [3.05, 3.63) is 11.6 Å². The summed E-state index contributed by atoms with van der Waals surface area (Å²) in [4.78, 5) is 0. The number of rotatable bonds is 6. The molecule has 0 unspecified atom stereocenters. The molecule has 18 heavy (non-hydrogen) atoms. The molecule has 106 valence electrons. The molecule has 0 saturated carbocycles. The highest BCUT2D eigenvalue weighted by Gasteiger charge is 2.35. The Balaban J connectivity index is 2.59. The molecule has 3 heteroatoms. The van der Waals surface area contributed by atoms with Crippen LogP contribution in [0.3, 0.4) is 0 Å². The second kappa shape index (κ2) is 7.20. The van der Waals surface area contributed by atoms with Gasteiger partial charge in [0.15, 0.2) is 0 Å². The largest absolute Gasteiger partial charge is 0.412 e. The topological polar surface area (TPSA) is 0 Å². The summed E-state index contributed by atoms with van der Waals surface area (Å²) in [6.07, 6.45) is 4.77. The Morgan fingerprint density at radius 1 is 1.22 bits per heavy atom. The minimum absolute atomic E-state index is 0.151. The highest BCUT2D eigenvalue weighted by atomic mass is 19.4. The Hall–Kier alpha value is -0.470. The minimum Gasteiger partial charge on any atom is -0.166 e. The molecule has 0 fully saturated rings. The van der Waals surface area contributed by atoms with Crippen molar-refractivity contribution in [1.82, 2.24) is 0 Å². The molecule has 1 aliphatic rings. The summed E-state index contributed by atoms with van der Waals surface area (Å²) in [5.74, 6) is 0.757. The summed E-state index contributed by atoms with van der Waals surface area (Å²) in [6.45, 7) is 4.31. The quantitative estimate of drug-likeness (QED) is 0.524. The predicted molar refractivity (Wildman–Crippen MR) is 69.4 cm³/mol. The van der Waals surface area contributed by atoms with Gasteiger partial charge in [-0.3, -0.25) is 0 Å². The Bertz CT molecular complexity index is 259. The highest BCUT2D eigenvalue weighted by molar-refractivity contribution is 5.13. The van der Waals surface area contributed by atoms with E-state index in [2.05, 4.69) is 13.8 Å². The van der Waals surface area contributed by atoms with Gasteiger partial charge in [-0.15, -0.1) is 0 Å². The molecule has 1 rings (SSSR count). The van der Waals surface area contributed by atoms with E-state index in [-0.39, 0.29) is 17.9 Å². The first kappa shape index (κ1) is 15.6. The Kier molecular flexibility index (Phi) is 6.24. The smallest absolute Gasteiger partial charge is 0.166 e. The molecule has 1 aliphatic carbocycles. The van der Waals surface area contributed by atoms with Crippen molar-refractivity contribution in [2.24, 2.45) is 11.8 Å². The van der Waals surface area contributed by atoms with E-state index in [0.717, 1.165) is 38.5 Å². The monoisotopic (exact) mass is 262 g/mol. The predicted octanol–water partition coefficient (Wildman–Crippen LogP) is 5.88. The first-order valence-electron chi connectivity index (χ1n) is 7.25. The normalized spacial score (nSPS) is 21.2. The molecule has 0 amide bonds. The molecule has 0 bridgehead atoms. The highest BCUT2D eigenvalue weighted by Crippen LogP contribution is 2.37. The number of hydrogen-bond donors (Lipinski definition) is 0. The molecule has 0 aromatic carbocycles. The zero-order valence-electron chi connectivity index (χ0n) is 11.5. The summed E-state index contributed by atoms with van der Waals surface area (Å²) in [5.41, 5.74) is -0.287. The maximum Gasteiger partial charge on any atom is 0.412 e. The van der Waals surface area contributed by atoms with Crippen molar-refractivity contribution in [3.8, 4) is 0 Å². The van der Waals surface area contributed by atoms with Gasteiger partial charge in [0.1, 0.15) is 0 Å². The van der Waals surface area contributed by atoms with E-state index in [1.165, 1.54) is 6.08 Å². The number of allylic oxidation sites excluding steroid dienone is 2. The summed E-state index contributed by atoms with van der Waals surface area (Å²) in [7, 11) is 0. The lowest BCUT2D eigenvalue weighted by Gasteiger charge is -2.26. The molecule has 0 saturated heterocycles. The summed E-state index contributed by atoms with van der Waals surface area (Å²) in [6, 6.07) is 0. The molecule has 0 aromatic rings. The molecule has 1 atom stereocenters. The first-order chi connectivity index (χ1) is 8.47. The maximum absolute atomic E-state index is 12.7. The molecule has 0 heterocycles. The Morgan fingerprint density at radius 3 is 2.33 bits per heavy atom. The van der Waals surface area contributed by atoms with E-state index in [1.54, 1.807) is 0 Å². The van der Waals surface area contributed by atoms with Gasteiger partial charge in [0, 0.05) is 5.57 Å². The van der Waals surface area contributed by atoms with Gasteiger partial charge in [-0.2, -0.15) is 13.2 Å². The summed E-state index contributed by atoms with van der Waals surface area (Å²) < 4.78 is 38.0. The van der Waals surface area contributed by atoms with Crippen LogP contribution < -0.4 is 0 Å².